The SMILES string of the molecule is C[C@@]1(n2cnc3c(N)ncnc32)O[C@H](COP(=O)(O)O)[C@@H](O)[C@H]1O. The van der Waals surface area contributed by atoms with Gasteiger partial charge in [0.1, 0.15) is 30.2 Å². The van der Waals surface area contributed by atoms with Crippen molar-refractivity contribution in [1.29, 1.82) is 0 Å². The van der Waals surface area contributed by atoms with Gasteiger partial charge in [-0.1, -0.05) is 0 Å². The van der Waals surface area contributed by atoms with E-state index < -0.39 is 38.5 Å². The number of ether oxygens (including phenoxy) is 1. The summed E-state index contributed by atoms with van der Waals surface area (Å²) in [6, 6.07) is 0. The molecule has 0 spiro atoms. The molecule has 1 aliphatic rings. The number of hydrogen-bond acceptors (Lipinski definition) is 9. The Morgan fingerprint density at radius 2 is 2.12 bits per heavy atom. The van der Waals surface area contributed by atoms with E-state index >= 15 is 0 Å². The number of hydrogen-bond donors (Lipinski definition) is 5. The Kier molecular flexibility index (Phi) is 4.08. The minimum atomic E-state index is -4.74. The first-order valence-electron chi connectivity index (χ1n) is 6.81. The topological polar surface area (TPSA) is 186 Å². The van der Waals surface area contributed by atoms with E-state index in [1.165, 1.54) is 24.1 Å². The first-order valence-corrected chi connectivity index (χ1v) is 8.34. The number of fused-ring (bicyclic) bond motifs is 1. The molecule has 24 heavy (non-hydrogen) atoms. The summed E-state index contributed by atoms with van der Waals surface area (Å²) in [4.78, 5) is 29.4. The van der Waals surface area contributed by atoms with E-state index in [9.17, 15) is 14.8 Å². The van der Waals surface area contributed by atoms with E-state index in [2.05, 4.69) is 19.5 Å². The zero-order valence-electron chi connectivity index (χ0n) is 12.4. The lowest BCUT2D eigenvalue weighted by atomic mass is 10.0. The van der Waals surface area contributed by atoms with Gasteiger partial charge in [0.2, 0.25) is 0 Å². The lowest BCUT2D eigenvalue weighted by Crippen LogP contribution is -2.43. The van der Waals surface area contributed by atoms with Crippen molar-refractivity contribution in [3.8, 4) is 0 Å². The highest BCUT2D eigenvalue weighted by Gasteiger charge is 2.53. The van der Waals surface area contributed by atoms with Crippen LogP contribution >= 0.6 is 7.82 Å². The number of aromatic nitrogens is 4. The smallest absolute Gasteiger partial charge is 0.387 e. The number of nitrogens with zero attached hydrogens (tertiary/aromatic N) is 4. The fourth-order valence-corrected chi connectivity index (χ4v) is 2.99. The average molecular weight is 361 g/mol. The molecule has 4 atom stereocenters. The third-order valence-corrected chi connectivity index (χ3v) is 4.38. The first-order chi connectivity index (χ1) is 11.1. The second-order valence-corrected chi connectivity index (χ2v) is 6.72. The molecule has 3 rings (SSSR count). The second kappa shape index (κ2) is 5.70. The van der Waals surface area contributed by atoms with Crippen LogP contribution in [0.1, 0.15) is 6.92 Å². The van der Waals surface area contributed by atoms with Crippen molar-refractivity contribution in [3.05, 3.63) is 12.7 Å². The van der Waals surface area contributed by atoms with Crippen LogP contribution in [0.2, 0.25) is 0 Å². The number of rotatable bonds is 4. The number of aliphatic hydroxyl groups is 2. The van der Waals surface area contributed by atoms with Crippen molar-refractivity contribution in [1.82, 2.24) is 19.5 Å². The van der Waals surface area contributed by atoms with Crippen LogP contribution in [0.5, 0.6) is 0 Å². The molecule has 3 heterocycles. The summed E-state index contributed by atoms with van der Waals surface area (Å²) < 4.78 is 22.1. The lowest BCUT2D eigenvalue weighted by Gasteiger charge is -2.29. The molecule has 2 aromatic heterocycles. The molecule has 6 N–H and O–H groups in total. The Hall–Kier alpha value is -1.66. The van der Waals surface area contributed by atoms with Crippen LogP contribution in [0, 0.1) is 0 Å². The minimum Gasteiger partial charge on any atom is -0.387 e. The maximum Gasteiger partial charge on any atom is 0.469 e. The number of phosphoric ester groups is 1. The molecule has 0 aliphatic carbocycles. The van der Waals surface area contributed by atoms with Gasteiger partial charge in [0.25, 0.3) is 0 Å². The molecule has 0 aromatic carbocycles. The van der Waals surface area contributed by atoms with Gasteiger partial charge in [-0.3, -0.25) is 9.09 Å². The van der Waals surface area contributed by atoms with Gasteiger partial charge in [-0.2, -0.15) is 0 Å². The maximum absolute atomic E-state index is 10.8. The van der Waals surface area contributed by atoms with E-state index in [0.29, 0.717) is 5.52 Å². The number of nitrogen functional groups attached to an aromatic ring is 1. The molecule has 0 amide bonds. The molecule has 0 unspecified atom stereocenters. The van der Waals surface area contributed by atoms with Crippen LogP contribution in [0.4, 0.5) is 5.82 Å². The Morgan fingerprint density at radius 3 is 2.79 bits per heavy atom. The minimum absolute atomic E-state index is 0.136. The van der Waals surface area contributed by atoms with Gasteiger partial charge < -0.3 is 30.5 Å². The molecule has 0 bridgehead atoms. The predicted octanol–water partition coefficient (Wildman–Crippen LogP) is -1.69. The highest BCUT2D eigenvalue weighted by Crippen LogP contribution is 2.41. The molecular formula is C11H16N5O7P. The predicted molar refractivity (Wildman–Crippen MR) is 78.3 cm³/mol. The van der Waals surface area contributed by atoms with Crippen molar-refractivity contribution in [2.24, 2.45) is 0 Å². The van der Waals surface area contributed by atoms with Crippen LogP contribution in [0.15, 0.2) is 12.7 Å². The van der Waals surface area contributed by atoms with E-state index in [4.69, 9.17) is 20.3 Å². The number of anilines is 1. The molecule has 2 aromatic rings. The van der Waals surface area contributed by atoms with Crippen molar-refractivity contribution in [3.63, 3.8) is 0 Å². The summed E-state index contributed by atoms with van der Waals surface area (Å²) in [6.45, 7) is 0.861. The lowest BCUT2D eigenvalue weighted by molar-refractivity contribution is -0.131. The molecule has 132 valence electrons. The number of imidazole rings is 1. The number of nitrogens with two attached hydrogens (primary N) is 1. The van der Waals surface area contributed by atoms with Gasteiger partial charge in [0.05, 0.1) is 12.9 Å². The Balaban J connectivity index is 1.94. The summed E-state index contributed by atoms with van der Waals surface area (Å²) in [6.07, 6.45) is -1.52. The second-order valence-electron chi connectivity index (χ2n) is 5.48. The summed E-state index contributed by atoms with van der Waals surface area (Å²) >= 11 is 0. The zero-order valence-corrected chi connectivity index (χ0v) is 13.3. The summed E-state index contributed by atoms with van der Waals surface area (Å²) in [7, 11) is -4.74. The van der Waals surface area contributed by atoms with Crippen LogP contribution in [0.25, 0.3) is 11.2 Å². The highest BCUT2D eigenvalue weighted by molar-refractivity contribution is 7.46. The Bertz CT molecular complexity index is 809. The van der Waals surface area contributed by atoms with Crippen molar-refractivity contribution >= 4 is 24.8 Å². The quantitative estimate of drug-likeness (QED) is 0.391. The third kappa shape index (κ3) is 2.78. The van der Waals surface area contributed by atoms with Crippen LogP contribution < -0.4 is 5.73 Å². The van der Waals surface area contributed by atoms with Crippen LogP contribution in [-0.4, -0.2) is 64.4 Å². The van der Waals surface area contributed by atoms with Gasteiger partial charge in [-0.15, -0.1) is 0 Å². The fraction of sp³-hybridized carbons (Fsp3) is 0.545. The summed E-state index contributed by atoms with van der Waals surface area (Å²) in [5, 5.41) is 20.5. The van der Waals surface area contributed by atoms with Gasteiger partial charge >= 0.3 is 7.82 Å². The number of phosphoric acid groups is 1. The van der Waals surface area contributed by atoms with Crippen LogP contribution in [0.3, 0.4) is 0 Å². The molecule has 1 saturated heterocycles. The van der Waals surface area contributed by atoms with Crippen molar-refractivity contribution in [2.75, 3.05) is 12.3 Å². The molecule has 13 heteroatoms. The Labute approximate surface area is 135 Å². The van der Waals surface area contributed by atoms with Crippen LogP contribution in [-0.2, 0) is 19.6 Å². The molecule has 1 aliphatic heterocycles. The molecule has 12 nitrogen and oxygen atoms in total. The maximum atomic E-state index is 10.8. The molecular weight excluding hydrogens is 345 g/mol. The summed E-state index contributed by atoms with van der Waals surface area (Å²) in [5.74, 6) is 0.136. The van der Waals surface area contributed by atoms with Crippen molar-refractivity contribution in [2.45, 2.75) is 31.0 Å². The normalized spacial score (nSPS) is 31.0. The van der Waals surface area contributed by atoms with E-state index in [0.717, 1.165) is 0 Å². The van der Waals surface area contributed by atoms with E-state index in [1.807, 2.05) is 0 Å². The van der Waals surface area contributed by atoms with Gasteiger partial charge in [-0.05, 0) is 6.92 Å². The van der Waals surface area contributed by atoms with E-state index in [-0.39, 0.29) is 11.5 Å². The van der Waals surface area contributed by atoms with Gasteiger partial charge in [0, 0.05) is 0 Å². The third-order valence-electron chi connectivity index (χ3n) is 3.89. The molecule has 0 radical (unpaired) electrons. The monoisotopic (exact) mass is 361 g/mol. The van der Waals surface area contributed by atoms with Gasteiger partial charge in [0.15, 0.2) is 17.2 Å². The first kappa shape index (κ1) is 17.2. The average Bonchev–Trinajstić information content (AvgIpc) is 3.02. The largest absolute Gasteiger partial charge is 0.469 e. The number of aliphatic hydroxyl groups excluding tert-OH is 2. The fourth-order valence-electron chi connectivity index (χ4n) is 2.65. The van der Waals surface area contributed by atoms with Crippen molar-refractivity contribution < 1.29 is 33.8 Å². The Morgan fingerprint density at radius 1 is 1.42 bits per heavy atom. The summed E-state index contributed by atoms with van der Waals surface area (Å²) in [5.41, 5.74) is 4.77. The standard InChI is InChI=1S/C11H16N5O7P/c1-11(16-4-15-6-9(12)13-3-14-10(6)16)8(18)7(17)5(23-11)2-22-24(19,20)21/h3-5,7-8,17-18H,2H2,1H3,(H2,12,13,14)(H2,19,20,21)/t5-,7-,8-,11-/m1/s1. The zero-order chi connectivity index (χ0) is 17.7. The highest BCUT2D eigenvalue weighted by atomic mass is 31.2. The molecule has 1 fully saturated rings. The molecule has 0 saturated carbocycles. The van der Waals surface area contributed by atoms with Gasteiger partial charge in [-0.25, -0.2) is 19.5 Å². The van der Waals surface area contributed by atoms with E-state index in [1.54, 1.807) is 0 Å².